The van der Waals surface area contributed by atoms with Crippen LogP contribution in [0.25, 0.3) is 0 Å². The molecular formula is C17H24N6O9S2. The van der Waals surface area contributed by atoms with Gasteiger partial charge in [0.25, 0.3) is 11.8 Å². The Labute approximate surface area is 198 Å². The van der Waals surface area contributed by atoms with Crippen molar-refractivity contribution >= 4 is 51.5 Å². The number of nitrogens with zero attached hydrogens (tertiary/aromatic N) is 3. The first-order valence-electron chi connectivity index (χ1n) is 9.99. The number of hydrogen-bond acceptors (Lipinski definition) is 11. The normalized spacial score (nSPS) is 25.6. The first-order chi connectivity index (χ1) is 15.7. The molecule has 0 spiro atoms. The number of carboxylic acids is 1. The molecule has 2 saturated heterocycles. The summed E-state index contributed by atoms with van der Waals surface area (Å²) >= 11 is 1.10. The molecule has 3 rings (SSSR count). The number of likely N-dealkylation sites (tertiary alicyclic amines) is 1. The molecule has 0 aliphatic carbocycles. The summed E-state index contributed by atoms with van der Waals surface area (Å²) in [7, 11) is -4.94. The molecule has 0 radical (unpaired) electrons. The minimum atomic E-state index is -4.94. The van der Waals surface area contributed by atoms with Gasteiger partial charge in [-0.15, -0.1) is 0 Å². The molecular weight excluding hydrogens is 496 g/mol. The van der Waals surface area contributed by atoms with Gasteiger partial charge in [0.05, 0.1) is 11.7 Å². The van der Waals surface area contributed by atoms with Gasteiger partial charge in [-0.25, -0.2) is 9.10 Å². The smallest absolute Gasteiger partial charge is 0.362 e. The topological polar surface area (TPSA) is 221 Å². The third-order valence-electron chi connectivity index (χ3n) is 5.26. The van der Waals surface area contributed by atoms with E-state index in [2.05, 4.69) is 15.8 Å². The van der Waals surface area contributed by atoms with E-state index in [0.29, 0.717) is 13.0 Å². The van der Waals surface area contributed by atoms with Crippen LogP contribution >= 0.6 is 11.8 Å². The zero-order valence-electron chi connectivity index (χ0n) is 18.1. The Hall–Kier alpha value is -2.89. The van der Waals surface area contributed by atoms with E-state index < -0.39 is 57.0 Å². The Morgan fingerprint density at radius 3 is 2.59 bits per heavy atom. The molecule has 3 heterocycles. The predicted octanol–water partition coefficient (Wildman–Crippen LogP) is -2.24. The van der Waals surface area contributed by atoms with Gasteiger partial charge in [0.2, 0.25) is 11.5 Å². The third-order valence-corrected chi connectivity index (χ3v) is 6.99. The molecule has 2 fully saturated rings. The molecule has 15 nitrogen and oxygen atoms in total. The summed E-state index contributed by atoms with van der Waals surface area (Å²) in [4.78, 5) is 55.1. The lowest BCUT2D eigenvalue weighted by Gasteiger charge is -2.45. The fourth-order valence-corrected chi connectivity index (χ4v) is 4.90. The number of carboxylic acid groups (broad SMARTS) is 1. The van der Waals surface area contributed by atoms with Gasteiger partial charge >= 0.3 is 16.3 Å². The summed E-state index contributed by atoms with van der Waals surface area (Å²) in [6.45, 7) is 2.51. The van der Waals surface area contributed by atoms with Crippen molar-refractivity contribution in [3.8, 4) is 0 Å². The zero-order valence-corrected chi connectivity index (χ0v) is 19.8. The second-order valence-electron chi connectivity index (χ2n) is 8.15. The molecule has 188 valence electrons. The van der Waals surface area contributed by atoms with Gasteiger partial charge in [-0.2, -0.15) is 8.42 Å². The molecule has 3 amide bonds. The fraction of sp³-hybridized carbons (Fsp3) is 0.588. The number of thioether (sulfide) groups is 1. The van der Waals surface area contributed by atoms with Gasteiger partial charge in [-0.05, 0) is 20.3 Å². The predicted molar refractivity (Wildman–Crippen MR) is 117 cm³/mol. The maximum Gasteiger partial charge on any atom is 0.362 e. The first-order valence-corrected chi connectivity index (χ1v) is 12.3. The Kier molecular flexibility index (Phi) is 7.11. The van der Waals surface area contributed by atoms with Crippen LogP contribution in [-0.2, 0) is 34.3 Å². The molecule has 3 aliphatic rings. The summed E-state index contributed by atoms with van der Waals surface area (Å²) in [5, 5.41) is 19.4. The van der Waals surface area contributed by atoms with E-state index in [9.17, 15) is 37.3 Å². The fourth-order valence-electron chi connectivity index (χ4n) is 3.37. The van der Waals surface area contributed by atoms with Crippen LogP contribution < -0.4 is 16.4 Å². The monoisotopic (exact) mass is 520 g/mol. The molecule has 34 heavy (non-hydrogen) atoms. The highest BCUT2D eigenvalue weighted by molar-refractivity contribution is 8.02. The van der Waals surface area contributed by atoms with Crippen LogP contribution in [0.5, 0.6) is 0 Å². The molecule has 0 aromatic heterocycles. The Balaban J connectivity index is 1.84. The van der Waals surface area contributed by atoms with E-state index in [4.69, 9.17) is 10.6 Å². The molecule has 6 N–H and O–H groups in total. The van der Waals surface area contributed by atoms with E-state index in [1.807, 2.05) is 0 Å². The number of oxime groups is 1. The summed E-state index contributed by atoms with van der Waals surface area (Å²) in [6.07, 6.45) is 0.808. The zero-order chi connectivity index (χ0) is 25.4. The van der Waals surface area contributed by atoms with E-state index >= 15 is 0 Å². The number of carbonyl (C=O) groups excluding carboxylic acids is 3. The number of rotatable bonds is 9. The molecule has 3 aliphatic heterocycles. The minimum absolute atomic E-state index is 0.0841. The van der Waals surface area contributed by atoms with Crippen molar-refractivity contribution in [2.24, 2.45) is 10.9 Å². The van der Waals surface area contributed by atoms with E-state index in [1.165, 1.54) is 24.2 Å². The number of amides is 3. The van der Waals surface area contributed by atoms with Crippen molar-refractivity contribution in [3.05, 3.63) is 11.1 Å². The quantitative estimate of drug-likeness (QED) is 0.0942. The van der Waals surface area contributed by atoms with E-state index in [0.717, 1.165) is 11.8 Å². The average molecular weight is 521 g/mol. The van der Waals surface area contributed by atoms with Crippen molar-refractivity contribution in [2.75, 3.05) is 13.1 Å². The van der Waals surface area contributed by atoms with E-state index in [1.54, 1.807) is 0 Å². The lowest BCUT2D eigenvalue weighted by Crippen LogP contribution is -2.74. The lowest BCUT2D eigenvalue weighted by molar-refractivity contribution is -0.161. The van der Waals surface area contributed by atoms with Crippen LogP contribution in [0.2, 0.25) is 0 Å². The summed E-state index contributed by atoms with van der Waals surface area (Å²) in [6, 6.07) is -2.67. The van der Waals surface area contributed by atoms with Gasteiger partial charge in [0, 0.05) is 24.9 Å². The SMILES string of the molecule is CC(C)(O/N=C(\C(=O)NC1C(=O)N(S(=O)(=O)O)C1CN1CCCC1=O)C1=CSC(N)N1)C(=O)O. The number of hydrogen-bond donors (Lipinski definition) is 5. The van der Waals surface area contributed by atoms with Crippen molar-refractivity contribution in [1.82, 2.24) is 19.8 Å². The van der Waals surface area contributed by atoms with Gasteiger partial charge < -0.3 is 31.2 Å². The summed E-state index contributed by atoms with van der Waals surface area (Å²) in [5.41, 5.74) is 2.95. The number of aliphatic carboxylic acids is 1. The van der Waals surface area contributed by atoms with Crippen molar-refractivity contribution < 1.29 is 42.1 Å². The largest absolute Gasteiger partial charge is 0.478 e. The Morgan fingerprint density at radius 2 is 2.09 bits per heavy atom. The van der Waals surface area contributed by atoms with Crippen LogP contribution in [0.4, 0.5) is 0 Å². The van der Waals surface area contributed by atoms with Crippen LogP contribution in [0.15, 0.2) is 16.3 Å². The minimum Gasteiger partial charge on any atom is -0.478 e. The molecule has 0 bridgehead atoms. The molecule has 0 aromatic carbocycles. The van der Waals surface area contributed by atoms with Gasteiger partial charge in [-0.1, -0.05) is 16.9 Å². The second-order valence-corrected chi connectivity index (χ2v) is 10.5. The van der Waals surface area contributed by atoms with Crippen molar-refractivity contribution in [2.45, 2.75) is 49.9 Å². The number of carbonyl (C=O) groups is 4. The highest BCUT2D eigenvalue weighted by Gasteiger charge is 2.55. The summed E-state index contributed by atoms with van der Waals surface area (Å²) < 4.78 is 33.0. The van der Waals surface area contributed by atoms with Crippen LogP contribution in [0, 0.1) is 0 Å². The number of β-lactam (4-membered cyclic amide) rings is 1. The molecule has 0 aromatic rings. The number of nitrogens with two attached hydrogens (primary N) is 1. The molecule has 0 saturated carbocycles. The molecule has 3 atom stereocenters. The lowest BCUT2D eigenvalue weighted by atomic mass is 9.97. The standard InChI is InChI=1S/C17H24N6O9S2/c1-17(2,15(27)28)32-21-11(8-7-33-16(18)19-8)13(25)20-12-9(6-22-5-3-4-10(22)24)23(14(12)26)34(29,30)31/h7,9,12,16,19H,3-6,18H2,1-2H3,(H,20,25)(H,27,28)(H,29,30,31)/b21-11-. The van der Waals surface area contributed by atoms with E-state index in [-0.39, 0.29) is 28.9 Å². The maximum atomic E-state index is 13.0. The maximum absolute atomic E-state index is 13.0. The van der Waals surface area contributed by atoms with Crippen LogP contribution in [0.1, 0.15) is 26.7 Å². The van der Waals surface area contributed by atoms with Crippen LogP contribution in [0.3, 0.4) is 0 Å². The van der Waals surface area contributed by atoms with Gasteiger partial charge in [0.1, 0.15) is 11.5 Å². The second kappa shape index (κ2) is 9.40. The first kappa shape index (κ1) is 25.7. The Morgan fingerprint density at radius 1 is 1.41 bits per heavy atom. The van der Waals surface area contributed by atoms with Crippen LogP contribution in [-0.4, -0.2) is 93.0 Å². The summed E-state index contributed by atoms with van der Waals surface area (Å²) in [5.74, 6) is -3.72. The highest BCUT2D eigenvalue weighted by atomic mass is 32.2. The highest BCUT2D eigenvalue weighted by Crippen LogP contribution is 2.27. The third kappa shape index (κ3) is 5.26. The van der Waals surface area contributed by atoms with Gasteiger partial charge in [0.15, 0.2) is 5.71 Å². The average Bonchev–Trinajstić information content (AvgIpc) is 3.32. The molecule has 17 heteroatoms. The van der Waals surface area contributed by atoms with Crippen molar-refractivity contribution in [3.63, 3.8) is 0 Å². The molecule has 3 unspecified atom stereocenters. The Bertz CT molecular complexity index is 1070. The van der Waals surface area contributed by atoms with Gasteiger partial charge in [-0.3, -0.25) is 18.9 Å². The number of nitrogens with one attached hydrogen (secondary N) is 2. The van der Waals surface area contributed by atoms with Crippen molar-refractivity contribution in [1.29, 1.82) is 0 Å².